The van der Waals surface area contributed by atoms with Gasteiger partial charge in [-0.3, -0.25) is 14.5 Å². The number of carbonyl (C=O) groups is 2. The average Bonchev–Trinajstić information content (AvgIpc) is 3.29. The lowest BCUT2D eigenvalue weighted by atomic mass is 10.1. The van der Waals surface area contributed by atoms with Crippen LogP contribution in [0.25, 0.3) is 0 Å². The van der Waals surface area contributed by atoms with Crippen LogP contribution in [0.4, 0.5) is 13.2 Å². The van der Waals surface area contributed by atoms with Crippen LogP contribution in [0.5, 0.6) is 0 Å². The fourth-order valence-electron chi connectivity index (χ4n) is 3.01. The van der Waals surface area contributed by atoms with E-state index in [9.17, 15) is 22.8 Å². The van der Waals surface area contributed by atoms with Gasteiger partial charge in [0.05, 0.1) is 12.8 Å². The number of alkyl halides is 3. The first kappa shape index (κ1) is 20.6. The Morgan fingerprint density at radius 3 is 2.52 bits per heavy atom. The third kappa shape index (κ3) is 4.03. The largest absolute Gasteiger partial charge is 0.467 e. The van der Waals surface area contributed by atoms with Crippen LogP contribution < -0.4 is 5.32 Å². The van der Waals surface area contributed by atoms with E-state index in [1.807, 2.05) is 12.2 Å². The van der Waals surface area contributed by atoms with E-state index in [0.717, 1.165) is 4.90 Å². The number of halogens is 3. The summed E-state index contributed by atoms with van der Waals surface area (Å²) in [4.78, 5) is 29.8. The molecular formula is C20H20F3N3O3. The molecule has 6 nitrogen and oxygen atoms in total. The van der Waals surface area contributed by atoms with Gasteiger partial charge in [-0.1, -0.05) is 43.7 Å². The van der Waals surface area contributed by atoms with Crippen molar-refractivity contribution in [3.8, 4) is 0 Å². The Labute approximate surface area is 165 Å². The van der Waals surface area contributed by atoms with Crippen molar-refractivity contribution >= 4 is 17.6 Å². The molecule has 1 aromatic carbocycles. The van der Waals surface area contributed by atoms with Crippen LogP contribution in [0, 0.1) is 0 Å². The zero-order chi connectivity index (χ0) is 21.1. The molecule has 0 spiro atoms. The summed E-state index contributed by atoms with van der Waals surface area (Å²) in [6.45, 7) is 1.56. The Hall–Kier alpha value is -3.10. The number of aliphatic imine (C=N–C) groups is 1. The molecule has 1 N–H and O–H groups in total. The van der Waals surface area contributed by atoms with Gasteiger partial charge < -0.3 is 9.73 Å². The minimum absolute atomic E-state index is 0.129. The number of unbranched alkanes of at least 4 members (excludes halogenated alkanes) is 1. The Morgan fingerprint density at radius 1 is 1.21 bits per heavy atom. The van der Waals surface area contributed by atoms with Crippen molar-refractivity contribution in [2.75, 3.05) is 0 Å². The fourth-order valence-corrected chi connectivity index (χ4v) is 3.01. The monoisotopic (exact) mass is 407 g/mol. The molecule has 0 saturated carbocycles. The molecule has 0 radical (unpaired) electrons. The van der Waals surface area contributed by atoms with E-state index in [1.54, 1.807) is 42.5 Å². The molecule has 2 amide bonds. The van der Waals surface area contributed by atoms with Crippen molar-refractivity contribution in [1.29, 1.82) is 0 Å². The lowest BCUT2D eigenvalue weighted by Crippen LogP contribution is -2.63. The molecule has 1 aromatic heterocycles. The zero-order valence-corrected chi connectivity index (χ0v) is 15.7. The minimum Gasteiger partial charge on any atom is -0.467 e. The van der Waals surface area contributed by atoms with Crippen LogP contribution in [0.2, 0.25) is 0 Å². The van der Waals surface area contributed by atoms with Crippen LogP contribution in [0.3, 0.4) is 0 Å². The number of hydrogen-bond donors (Lipinski definition) is 1. The summed E-state index contributed by atoms with van der Waals surface area (Å²) < 4.78 is 47.5. The quantitative estimate of drug-likeness (QED) is 0.762. The summed E-state index contributed by atoms with van der Waals surface area (Å²) in [6.07, 6.45) is -2.86. The number of carbonyl (C=O) groups excluding carboxylic acids is 2. The van der Waals surface area contributed by atoms with Crippen molar-refractivity contribution in [1.82, 2.24) is 10.2 Å². The Balaban J connectivity index is 2.06. The maximum absolute atomic E-state index is 14.1. The smallest absolute Gasteiger partial charge is 0.442 e. The summed E-state index contributed by atoms with van der Waals surface area (Å²) in [6, 6.07) is 11.2. The molecule has 0 bridgehead atoms. The zero-order valence-electron chi connectivity index (χ0n) is 15.7. The van der Waals surface area contributed by atoms with E-state index in [-0.39, 0.29) is 24.6 Å². The number of nitrogens with one attached hydrogen (secondary N) is 1. The third-order valence-corrected chi connectivity index (χ3v) is 4.50. The van der Waals surface area contributed by atoms with Crippen molar-refractivity contribution in [3.05, 3.63) is 60.1 Å². The van der Waals surface area contributed by atoms with Crippen LogP contribution in [0.1, 0.15) is 37.5 Å². The van der Waals surface area contributed by atoms with Crippen molar-refractivity contribution in [2.24, 2.45) is 4.99 Å². The lowest BCUT2D eigenvalue weighted by Gasteiger charge is -2.29. The van der Waals surface area contributed by atoms with Crippen LogP contribution in [-0.4, -0.2) is 34.4 Å². The Bertz CT molecular complexity index is 895. The topological polar surface area (TPSA) is 74.9 Å². The fraction of sp³-hybridized carbons (Fsp3) is 0.350. The molecule has 29 heavy (non-hydrogen) atoms. The molecule has 0 fully saturated rings. The van der Waals surface area contributed by atoms with E-state index < -0.39 is 23.7 Å². The van der Waals surface area contributed by atoms with Gasteiger partial charge in [0.1, 0.15) is 11.6 Å². The predicted molar refractivity (Wildman–Crippen MR) is 98.7 cm³/mol. The molecule has 2 heterocycles. The molecule has 1 aliphatic rings. The van der Waals surface area contributed by atoms with Crippen LogP contribution in [0.15, 0.2) is 58.1 Å². The molecular weight excluding hydrogens is 387 g/mol. The van der Waals surface area contributed by atoms with Gasteiger partial charge in [0.25, 0.3) is 5.91 Å². The highest BCUT2D eigenvalue weighted by Crippen LogP contribution is 2.39. The minimum atomic E-state index is -5.12. The maximum Gasteiger partial charge on any atom is 0.442 e. The van der Waals surface area contributed by atoms with E-state index in [4.69, 9.17) is 4.42 Å². The number of rotatable bonds is 7. The summed E-state index contributed by atoms with van der Waals surface area (Å²) in [5.41, 5.74) is -3.04. The maximum atomic E-state index is 14.1. The summed E-state index contributed by atoms with van der Waals surface area (Å²) >= 11 is 0. The first-order chi connectivity index (χ1) is 13.8. The first-order valence-electron chi connectivity index (χ1n) is 9.16. The van der Waals surface area contributed by atoms with Gasteiger partial charge in [-0.05, 0) is 18.6 Å². The highest BCUT2D eigenvalue weighted by atomic mass is 19.4. The van der Waals surface area contributed by atoms with Gasteiger partial charge in [0, 0.05) is 12.0 Å². The number of amidine groups is 1. The predicted octanol–water partition coefficient (Wildman–Crippen LogP) is 3.63. The van der Waals surface area contributed by atoms with E-state index in [2.05, 4.69) is 4.99 Å². The molecule has 1 unspecified atom stereocenters. The normalized spacial score (nSPS) is 19.4. The molecule has 154 valence electrons. The van der Waals surface area contributed by atoms with Crippen molar-refractivity contribution in [2.45, 2.75) is 44.6 Å². The second-order valence-corrected chi connectivity index (χ2v) is 6.63. The van der Waals surface area contributed by atoms with Gasteiger partial charge in [-0.25, -0.2) is 4.99 Å². The third-order valence-electron chi connectivity index (χ3n) is 4.50. The SMILES string of the molecule is CCCCC(=O)NC1(C(F)(F)F)N=C(c2ccccc2)N(Cc2ccco2)C1=O. The number of nitrogens with zero attached hydrogens (tertiary/aromatic N) is 2. The molecule has 1 atom stereocenters. The highest BCUT2D eigenvalue weighted by molar-refractivity contribution is 6.16. The molecule has 2 aromatic rings. The molecule has 1 aliphatic heterocycles. The van der Waals surface area contributed by atoms with E-state index >= 15 is 0 Å². The van der Waals surface area contributed by atoms with E-state index in [0.29, 0.717) is 18.4 Å². The summed E-state index contributed by atoms with van der Waals surface area (Å²) in [5.74, 6) is -2.14. The highest BCUT2D eigenvalue weighted by Gasteiger charge is 2.67. The summed E-state index contributed by atoms with van der Waals surface area (Å²) in [5, 5.41) is 1.85. The number of benzene rings is 1. The second-order valence-electron chi connectivity index (χ2n) is 6.63. The summed E-state index contributed by atoms with van der Waals surface area (Å²) in [7, 11) is 0. The van der Waals surface area contributed by atoms with Crippen molar-refractivity contribution < 1.29 is 27.2 Å². The van der Waals surface area contributed by atoms with E-state index in [1.165, 1.54) is 6.26 Å². The molecule has 3 rings (SSSR count). The van der Waals surface area contributed by atoms with Gasteiger partial charge in [0.2, 0.25) is 5.91 Å². The van der Waals surface area contributed by atoms with Gasteiger partial charge in [-0.15, -0.1) is 0 Å². The molecule has 0 saturated heterocycles. The van der Waals surface area contributed by atoms with Gasteiger partial charge >= 0.3 is 11.8 Å². The first-order valence-corrected chi connectivity index (χ1v) is 9.16. The van der Waals surface area contributed by atoms with Gasteiger partial charge in [0.15, 0.2) is 0 Å². The second kappa shape index (κ2) is 8.10. The Kier molecular flexibility index (Phi) is 5.76. The van der Waals surface area contributed by atoms with Crippen molar-refractivity contribution in [3.63, 3.8) is 0 Å². The number of furan rings is 1. The lowest BCUT2D eigenvalue weighted by molar-refractivity contribution is -0.200. The van der Waals surface area contributed by atoms with Crippen LogP contribution >= 0.6 is 0 Å². The molecule has 9 heteroatoms. The van der Waals surface area contributed by atoms with Crippen LogP contribution in [-0.2, 0) is 16.1 Å². The standard InChI is InChI=1S/C20H20F3N3O3/c1-2-3-11-16(27)24-19(20(21,22)23)18(28)26(13-15-10-7-12-29-15)17(25-19)14-8-5-4-6-9-14/h4-10,12H,2-3,11,13H2,1H3,(H,24,27). The average molecular weight is 407 g/mol. The number of hydrogen-bond acceptors (Lipinski definition) is 4. The Morgan fingerprint density at radius 2 is 1.93 bits per heavy atom. The number of amides is 2. The van der Waals surface area contributed by atoms with Gasteiger partial charge in [-0.2, -0.15) is 13.2 Å². The molecule has 0 aliphatic carbocycles.